The average molecular weight is 315 g/mol. The number of para-hydroxylation sites is 2. The maximum atomic E-state index is 11.9. The zero-order valence-electron chi connectivity index (χ0n) is 11.9. The number of benzene rings is 1. The van der Waals surface area contributed by atoms with E-state index in [9.17, 15) is 4.79 Å². The second kappa shape index (κ2) is 3.95. The van der Waals surface area contributed by atoms with Crippen molar-refractivity contribution in [3.8, 4) is 11.5 Å². The van der Waals surface area contributed by atoms with Crippen molar-refractivity contribution >= 4 is 21.9 Å². The Bertz CT molecular complexity index is 562. The van der Waals surface area contributed by atoms with Crippen LogP contribution >= 0.6 is 7.66 Å². The van der Waals surface area contributed by atoms with Crippen LogP contribution in [0.5, 0.6) is 11.5 Å². The van der Waals surface area contributed by atoms with Crippen molar-refractivity contribution in [1.82, 2.24) is 5.09 Å². The molecule has 1 saturated heterocycles. The fourth-order valence-corrected chi connectivity index (χ4v) is 9.13. The molecule has 3 rings (SSSR count). The summed E-state index contributed by atoms with van der Waals surface area (Å²) in [5.41, 5.74) is 0. The first-order valence-electron chi connectivity index (χ1n) is 6.46. The van der Waals surface area contributed by atoms with Crippen LogP contribution in [0, 0.1) is 0 Å². The van der Waals surface area contributed by atoms with Gasteiger partial charge in [0.1, 0.15) is 0 Å². The molecule has 1 aromatic rings. The van der Waals surface area contributed by atoms with Crippen molar-refractivity contribution in [1.29, 1.82) is 0 Å². The first-order chi connectivity index (χ1) is 9.21. The number of rotatable bonds is 2. The van der Waals surface area contributed by atoms with Crippen LogP contribution in [0.4, 0.5) is 0 Å². The Morgan fingerprint density at radius 1 is 1.15 bits per heavy atom. The van der Waals surface area contributed by atoms with Gasteiger partial charge < -0.3 is 0 Å². The molecule has 0 aliphatic carbocycles. The molecule has 1 N–H and O–H groups in total. The molecule has 1 fully saturated rings. The molecular weight excluding hydrogens is 297 g/mol. The van der Waals surface area contributed by atoms with E-state index in [0.29, 0.717) is 11.5 Å². The van der Waals surface area contributed by atoms with Crippen LogP contribution in [0.25, 0.3) is 0 Å². The van der Waals surface area contributed by atoms with Crippen molar-refractivity contribution < 1.29 is 22.6 Å². The standard InChI is InChI=1S/C12H18NO5PSi/c1-9-12(14)17-19(13-9,18-20(2,3)4)15-10-7-5-6-8-11(10)16-19/h5-9,13H,1-4H3/t9-/m0/s1. The van der Waals surface area contributed by atoms with Crippen LogP contribution in [0.2, 0.25) is 19.6 Å². The Morgan fingerprint density at radius 2 is 1.70 bits per heavy atom. The minimum absolute atomic E-state index is 0.422. The molecule has 0 aromatic heterocycles. The molecule has 1 atom stereocenters. The van der Waals surface area contributed by atoms with Crippen molar-refractivity contribution in [2.75, 3.05) is 0 Å². The third kappa shape index (κ3) is 2.11. The summed E-state index contributed by atoms with van der Waals surface area (Å²) >= 11 is 0. The van der Waals surface area contributed by atoms with Gasteiger partial charge in [0.2, 0.25) is 0 Å². The first kappa shape index (κ1) is 13.8. The fraction of sp³-hybridized carbons (Fsp3) is 0.417. The third-order valence-electron chi connectivity index (χ3n) is 2.80. The normalized spacial score (nSPS) is 27.9. The number of carbonyl (C=O) groups is 1. The van der Waals surface area contributed by atoms with Gasteiger partial charge >= 0.3 is 118 Å². The summed E-state index contributed by atoms with van der Waals surface area (Å²) in [4.78, 5) is 11.9. The molecule has 2 aliphatic rings. The van der Waals surface area contributed by atoms with E-state index in [1.165, 1.54) is 0 Å². The molecule has 8 heteroatoms. The number of nitrogens with one attached hydrogen (secondary N) is 1. The molecule has 2 aliphatic heterocycles. The summed E-state index contributed by atoms with van der Waals surface area (Å²) in [5.74, 6) is 0.629. The van der Waals surface area contributed by atoms with Crippen molar-refractivity contribution in [3.05, 3.63) is 24.3 Å². The molecule has 0 bridgehead atoms. The van der Waals surface area contributed by atoms with E-state index in [4.69, 9.17) is 17.8 Å². The minimum atomic E-state index is -4.11. The van der Waals surface area contributed by atoms with E-state index in [1.807, 2.05) is 31.8 Å². The summed E-state index contributed by atoms with van der Waals surface area (Å²) in [6.07, 6.45) is 0. The predicted molar refractivity (Wildman–Crippen MR) is 77.7 cm³/mol. The SMILES string of the molecule is C[C@@H]1NP2(O[Si](C)(C)C)(OC1=O)Oc1ccccc1O2. The predicted octanol–water partition coefficient (Wildman–Crippen LogP) is 2.97. The molecule has 0 saturated carbocycles. The van der Waals surface area contributed by atoms with Gasteiger partial charge in [0.15, 0.2) is 0 Å². The van der Waals surface area contributed by atoms with E-state index >= 15 is 0 Å². The van der Waals surface area contributed by atoms with E-state index in [-0.39, 0.29) is 0 Å². The van der Waals surface area contributed by atoms with Crippen LogP contribution in [-0.4, -0.2) is 20.3 Å². The van der Waals surface area contributed by atoms with Crippen molar-refractivity contribution in [2.45, 2.75) is 32.6 Å². The first-order valence-corrected chi connectivity index (χ1v) is 11.8. The number of carbonyl (C=O) groups excluding carboxylic acids is 1. The van der Waals surface area contributed by atoms with Crippen LogP contribution in [0.1, 0.15) is 6.92 Å². The Balaban J connectivity index is 2.07. The molecule has 110 valence electrons. The summed E-state index contributed by atoms with van der Waals surface area (Å²) < 4.78 is 23.5. The average Bonchev–Trinajstić information content (AvgIpc) is 2.71. The molecule has 0 unspecified atom stereocenters. The zero-order chi connectivity index (χ0) is 14.6. The summed E-state index contributed by atoms with van der Waals surface area (Å²) in [6.45, 7) is 7.67. The van der Waals surface area contributed by atoms with Gasteiger partial charge in [-0.25, -0.2) is 0 Å². The summed E-state index contributed by atoms with van der Waals surface area (Å²) in [7, 11) is -6.21. The number of hydrogen-bond donors (Lipinski definition) is 1. The van der Waals surface area contributed by atoms with Crippen molar-refractivity contribution in [2.24, 2.45) is 0 Å². The molecule has 6 nitrogen and oxygen atoms in total. The van der Waals surface area contributed by atoms with Gasteiger partial charge in [-0.2, -0.15) is 0 Å². The molecule has 2 heterocycles. The van der Waals surface area contributed by atoms with E-state index in [0.717, 1.165) is 0 Å². The van der Waals surface area contributed by atoms with E-state index in [1.54, 1.807) is 19.1 Å². The van der Waals surface area contributed by atoms with Gasteiger partial charge in [-0.05, 0) is 0 Å². The fourth-order valence-electron chi connectivity index (χ4n) is 2.23. The monoisotopic (exact) mass is 315 g/mol. The third-order valence-corrected chi connectivity index (χ3v) is 8.57. The van der Waals surface area contributed by atoms with Crippen LogP contribution in [0.3, 0.4) is 0 Å². The van der Waals surface area contributed by atoms with Crippen LogP contribution in [0.15, 0.2) is 24.3 Å². The maximum absolute atomic E-state index is 11.9. The second-order valence-corrected chi connectivity index (χ2v) is 13.3. The molecular formula is C12H18NO5PSi. The Labute approximate surface area is 118 Å². The number of fused-ring (bicyclic) bond motifs is 1. The number of hydrogen-bond acceptors (Lipinski definition) is 6. The van der Waals surface area contributed by atoms with Gasteiger partial charge in [-0.1, -0.05) is 0 Å². The molecule has 0 radical (unpaired) electrons. The molecule has 20 heavy (non-hydrogen) atoms. The van der Waals surface area contributed by atoms with E-state index in [2.05, 4.69) is 5.09 Å². The van der Waals surface area contributed by atoms with Crippen LogP contribution < -0.4 is 14.1 Å². The molecule has 1 spiro atoms. The van der Waals surface area contributed by atoms with Gasteiger partial charge in [0, 0.05) is 0 Å². The quantitative estimate of drug-likeness (QED) is 0.668. The van der Waals surface area contributed by atoms with Crippen molar-refractivity contribution in [3.63, 3.8) is 0 Å². The Hall–Kier alpha value is -1.14. The van der Waals surface area contributed by atoms with Crippen LogP contribution in [-0.2, 0) is 13.5 Å². The topological polar surface area (TPSA) is 66.0 Å². The summed E-state index contributed by atoms with van der Waals surface area (Å²) in [6, 6.07) is 6.66. The van der Waals surface area contributed by atoms with E-state index < -0.39 is 28.0 Å². The molecule has 1 aromatic carbocycles. The van der Waals surface area contributed by atoms with Gasteiger partial charge in [-0.15, -0.1) is 0 Å². The van der Waals surface area contributed by atoms with Gasteiger partial charge in [-0.3, -0.25) is 0 Å². The zero-order valence-corrected chi connectivity index (χ0v) is 13.8. The molecule has 0 amide bonds. The Morgan fingerprint density at radius 3 is 2.10 bits per heavy atom. The summed E-state index contributed by atoms with van der Waals surface area (Å²) in [5, 5.41) is 3.02. The van der Waals surface area contributed by atoms with Gasteiger partial charge in [0.25, 0.3) is 0 Å². The van der Waals surface area contributed by atoms with Gasteiger partial charge in [0.05, 0.1) is 0 Å². The Kier molecular flexibility index (Phi) is 2.73. The second-order valence-electron chi connectivity index (χ2n) is 5.91.